The summed E-state index contributed by atoms with van der Waals surface area (Å²) in [5.74, 6) is 0.437. The van der Waals surface area contributed by atoms with E-state index in [0.717, 1.165) is 11.1 Å². The first-order valence-electron chi connectivity index (χ1n) is 6.50. The molecule has 106 valence electrons. The molecule has 0 spiro atoms. The molecule has 2 aromatic rings. The van der Waals surface area contributed by atoms with Crippen LogP contribution < -0.4 is 0 Å². The van der Waals surface area contributed by atoms with Crippen LogP contribution in [-0.2, 0) is 0 Å². The second-order valence-corrected chi connectivity index (χ2v) is 5.95. The number of hydrogen-bond acceptors (Lipinski definition) is 5. The molecule has 0 saturated heterocycles. The number of thioether (sulfide) groups is 1. The number of Topliss-reactive ketones (excluding diaryl/α,β-unsaturated/α-hetero) is 1. The lowest BCUT2D eigenvalue weighted by atomic mass is 10.0. The van der Waals surface area contributed by atoms with E-state index < -0.39 is 0 Å². The number of carbonyl (C=O) groups is 1. The van der Waals surface area contributed by atoms with Gasteiger partial charge in [-0.1, -0.05) is 23.9 Å². The van der Waals surface area contributed by atoms with Crippen molar-refractivity contribution in [3.63, 3.8) is 0 Å². The molecule has 1 aromatic carbocycles. The van der Waals surface area contributed by atoms with Crippen LogP contribution in [0.3, 0.4) is 0 Å². The van der Waals surface area contributed by atoms with E-state index in [-0.39, 0.29) is 11.8 Å². The Balaban J connectivity index is 2.05. The number of tetrazole rings is 1. The zero-order chi connectivity index (χ0) is 14.7. The highest BCUT2D eigenvalue weighted by molar-refractivity contribution is 7.99. The van der Waals surface area contributed by atoms with Crippen molar-refractivity contribution in [2.75, 3.05) is 5.75 Å². The summed E-state index contributed by atoms with van der Waals surface area (Å²) in [4.78, 5) is 12.2. The van der Waals surface area contributed by atoms with Gasteiger partial charge in [0, 0.05) is 5.56 Å². The van der Waals surface area contributed by atoms with Crippen molar-refractivity contribution in [3.05, 3.63) is 34.9 Å². The first-order valence-corrected chi connectivity index (χ1v) is 7.48. The van der Waals surface area contributed by atoms with Gasteiger partial charge in [0.15, 0.2) is 5.78 Å². The topological polar surface area (TPSA) is 60.7 Å². The molecule has 0 saturated carbocycles. The molecule has 20 heavy (non-hydrogen) atoms. The number of rotatable bonds is 5. The second kappa shape index (κ2) is 6.17. The molecule has 0 bridgehead atoms. The molecular weight excluding hydrogens is 272 g/mol. The molecule has 0 fully saturated rings. The van der Waals surface area contributed by atoms with Gasteiger partial charge in [0.05, 0.1) is 11.8 Å². The van der Waals surface area contributed by atoms with E-state index in [1.54, 1.807) is 4.68 Å². The van der Waals surface area contributed by atoms with Crippen LogP contribution in [0, 0.1) is 13.8 Å². The second-order valence-electron chi connectivity index (χ2n) is 5.01. The van der Waals surface area contributed by atoms with Gasteiger partial charge in [0.25, 0.3) is 0 Å². The fourth-order valence-corrected chi connectivity index (χ4v) is 2.63. The number of nitrogens with zero attached hydrogens (tertiary/aromatic N) is 4. The highest BCUT2D eigenvalue weighted by Gasteiger charge is 2.13. The summed E-state index contributed by atoms with van der Waals surface area (Å²) in [6.07, 6.45) is 0. The average Bonchev–Trinajstić information content (AvgIpc) is 2.87. The lowest BCUT2D eigenvalue weighted by molar-refractivity contribution is 0.102. The Morgan fingerprint density at radius 1 is 1.30 bits per heavy atom. The van der Waals surface area contributed by atoms with Gasteiger partial charge in [0.2, 0.25) is 5.16 Å². The standard InChI is InChI=1S/C14H18N4OS/c1-9(2)18-14(15-16-17-18)20-8-13(19)12-6-5-10(3)11(4)7-12/h5-7,9H,8H2,1-4H3. The minimum Gasteiger partial charge on any atom is -0.293 e. The van der Waals surface area contributed by atoms with Crippen LogP contribution in [0.25, 0.3) is 0 Å². The van der Waals surface area contributed by atoms with Crippen molar-refractivity contribution < 1.29 is 4.79 Å². The zero-order valence-electron chi connectivity index (χ0n) is 12.1. The van der Waals surface area contributed by atoms with Crippen molar-refractivity contribution >= 4 is 17.5 Å². The van der Waals surface area contributed by atoms with Crippen molar-refractivity contribution in [2.45, 2.75) is 38.9 Å². The summed E-state index contributed by atoms with van der Waals surface area (Å²) in [6, 6.07) is 5.97. The summed E-state index contributed by atoms with van der Waals surface area (Å²) in [7, 11) is 0. The SMILES string of the molecule is Cc1ccc(C(=O)CSc2nnnn2C(C)C)cc1C. The Labute approximate surface area is 122 Å². The summed E-state index contributed by atoms with van der Waals surface area (Å²) >= 11 is 1.37. The van der Waals surface area contributed by atoms with E-state index in [4.69, 9.17) is 0 Å². The fraction of sp³-hybridized carbons (Fsp3) is 0.429. The Morgan fingerprint density at radius 2 is 2.05 bits per heavy atom. The van der Waals surface area contributed by atoms with Crippen LogP contribution in [0.4, 0.5) is 0 Å². The van der Waals surface area contributed by atoms with Gasteiger partial charge in [-0.3, -0.25) is 4.79 Å². The molecule has 0 N–H and O–H groups in total. The van der Waals surface area contributed by atoms with Crippen LogP contribution >= 0.6 is 11.8 Å². The van der Waals surface area contributed by atoms with Gasteiger partial charge in [-0.25, -0.2) is 4.68 Å². The number of carbonyl (C=O) groups excluding carboxylic acids is 1. The van der Waals surface area contributed by atoms with Gasteiger partial charge < -0.3 is 0 Å². The lowest BCUT2D eigenvalue weighted by Gasteiger charge is -2.07. The maximum Gasteiger partial charge on any atom is 0.209 e. The minimum absolute atomic E-state index is 0.0939. The van der Waals surface area contributed by atoms with E-state index in [1.807, 2.05) is 45.9 Å². The largest absolute Gasteiger partial charge is 0.293 e. The van der Waals surface area contributed by atoms with Crippen LogP contribution in [0.5, 0.6) is 0 Å². The minimum atomic E-state index is 0.0939. The highest BCUT2D eigenvalue weighted by atomic mass is 32.2. The summed E-state index contributed by atoms with van der Waals surface area (Å²) < 4.78 is 1.72. The molecule has 0 amide bonds. The van der Waals surface area contributed by atoms with Crippen LogP contribution in [0.1, 0.15) is 41.4 Å². The third-order valence-corrected chi connectivity index (χ3v) is 4.05. The predicted octanol–water partition coefficient (Wildman–Crippen LogP) is 2.85. The fourth-order valence-electron chi connectivity index (χ4n) is 1.73. The van der Waals surface area contributed by atoms with E-state index in [2.05, 4.69) is 15.5 Å². The van der Waals surface area contributed by atoms with Crippen LogP contribution in [0.2, 0.25) is 0 Å². The van der Waals surface area contributed by atoms with Gasteiger partial charge in [-0.15, -0.1) is 5.10 Å². The van der Waals surface area contributed by atoms with Crippen LogP contribution in [-0.4, -0.2) is 31.7 Å². The molecule has 6 heteroatoms. The van der Waals surface area contributed by atoms with Crippen molar-refractivity contribution in [1.29, 1.82) is 0 Å². The first-order chi connectivity index (χ1) is 9.49. The van der Waals surface area contributed by atoms with E-state index in [1.165, 1.54) is 17.3 Å². The number of benzene rings is 1. The van der Waals surface area contributed by atoms with Gasteiger partial charge >= 0.3 is 0 Å². The monoisotopic (exact) mass is 290 g/mol. The van der Waals surface area contributed by atoms with Crippen molar-refractivity contribution in [1.82, 2.24) is 20.2 Å². The molecule has 0 aliphatic rings. The molecule has 0 unspecified atom stereocenters. The molecule has 5 nitrogen and oxygen atoms in total. The smallest absolute Gasteiger partial charge is 0.209 e. The maximum atomic E-state index is 12.2. The molecule has 0 radical (unpaired) electrons. The van der Waals surface area contributed by atoms with Crippen molar-refractivity contribution in [2.24, 2.45) is 0 Å². The van der Waals surface area contributed by atoms with Crippen molar-refractivity contribution in [3.8, 4) is 0 Å². The molecule has 1 aromatic heterocycles. The summed E-state index contributed by atoms with van der Waals surface area (Å²) in [5.41, 5.74) is 3.06. The highest BCUT2D eigenvalue weighted by Crippen LogP contribution is 2.19. The molecule has 0 atom stereocenters. The molecule has 2 rings (SSSR count). The van der Waals surface area contributed by atoms with E-state index in [9.17, 15) is 4.79 Å². The Kier molecular flexibility index (Phi) is 4.54. The average molecular weight is 290 g/mol. The lowest BCUT2D eigenvalue weighted by Crippen LogP contribution is -2.08. The quantitative estimate of drug-likeness (QED) is 0.626. The number of hydrogen-bond donors (Lipinski definition) is 0. The number of ketones is 1. The third kappa shape index (κ3) is 3.25. The number of aromatic nitrogens is 4. The first kappa shape index (κ1) is 14.7. The maximum absolute atomic E-state index is 12.2. The van der Waals surface area contributed by atoms with E-state index in [0.29, 0.717) is 10.9 Å². The van der Waals surface area contributed by atoms with E-state index >= 15 is 0 Å². The predicted molar refractivity (Wildman–Crippen MR) is 79.2 cm³/mol. The Bertz CT molecular complexity index is 621. The Hall–Kier alpha value is -1.69. The van der Waals surface area contributed by atoms with Gasteiger partial charge in [-0.05, 0) is 55.3 Å². The third-order valence-electron chi connectivity index (χ3n) is 3.11. The Morgan fingerprint density at radius 3 is 2.70 bits per heavy atom. The molecule has 0 aliphatic heterocycles. The molecule has 0 aliphatic carbocycles. The summed E-state index contributed by atoms with van der Waals surface area (Å²) in [6.45, 7) is 8.06. The summed E-state index contributed by atoms with van der Waals surface area (Å²) in [5, 5.41) is 12.2. The number of aryl methyl sites for hydroxylation is 2. The molecular formula is C14H18N4OS. The van der Waals surface area contributed by atoms with Gasteiger partial charge in [0.1, 0.15) is 0 Å². The molecule has 1 heterocycles. The van der Waals surface area contributed by atoms with Crippen LogP contribution in [0.15, 0.2) is 23.4 Å². The zero-order valence-corrected chi connectivity index (χ0v) is 12.9. The normalized spacial score (nSPS) is 11.1. The van der Waals surface area contributed by atoms with Gasteiger partial charge in [-0.2, -0.15) is 0 Å².